The first-order valence-electron chi connectivity index (χ1n) is 9.78. The zero-order valence-electron chi connectivity index (χ0n) is 17.0. The van der Waals surface area contributed by atoms with Crippen LogP contribution in [-0.2, 0) is 11.0 Å². The zero-order chi connectivity index (χ0) is 24.3. The molecule has 1 saturated heterocycles. The van der Waals surface area contributed by atoms with Gasteiger partial charge in [0, 0.05) is 32.2 Å². The van der Waals surface area contributed by atoms with Gasteiger partial charge >= 0.3 is 6.18 Å². The van der Waals surface area contributed by atoms with Crippen molar-refractivity contribution in [1.82, 2.24) is 9.80 Å². The van der Waals surface area contributed by atoms with Crippen LogP contribution in [0.3, 0.4) is 0 Å². The predicted molar refractivity (Wildman–Crippen MR) is 108 cm³/mol. The van der Waals surface area contributed by atoms with Gasteiger partial charge in [-0.25, -0.2) is 13.2 Å². The summed E-state index contributed by atoms with van der Waals surface area (Å²) >= 11 is 5.56. The van der Waals surface area contributed by atoms with Crippen LogP contribution in [0.25, 0.3) is 0 Å². The second-order valence-electron chi connectivity index (χ2n) is 7.41. The van der Waals surface area contributed by atoms with E-state index in [-0.39, 0.29) is 31.9 Å². The van der Waals surface area contributed by atoms with Crippen molar-refractivity contribution in [2.45, 2.75) is 12.6 Å². The van der Waals surface area contributed by atoms with E-state index in [0.717, 1.165) is 12.1 Å². The minimum absolute atomic E-state index is 0.0182. The highest BCUT2D eigenvalue weighted by molar-refractivity contribution is 6.31. The molecule has 0 spiro atoms. The molecule has 1 aliphatic heterocycles. The molecular formula is C21H18ClF6N3O2. The Morgan fingerprint density at radius 2 is 1.73 bits per heavy atom. The molecule has 0 radical (unpaired) electrons. The van der Waals surface area contributed by atoms with E-state index in [1.165, 1.54) is 4.90 Å². The standard InChI is InChI=1S/C21H18ClF6N3O2/c22-15-9-12(21(26,27)28)8-14(19(15)25)20(33)31-5-1-4-30(6-7-31)11-18(32)29-17-3-2-13(23)10-16(17)24/h2-3,8-10H,1,4-7,11H2,(H,29,32). The second kappa shape index (κ2) is 10.0. The average molecular weight is 494 g/mol. The van der Waals surface area contributed by atoms with Gasteiger partial charge in [-0.2, -0.15) is 13.2 Å². The van der Waals surface area contributed by atoms with E-state index in [1.54, 1.807) is 4.90 Å². The summed E-state index contributed by atoms with van der Waals surface area (Å²) in [4.78, 5) is 27.8. The van der Waals surface area contributed by atoms with Crippen molar-refractivity contribution in [2.24, 2.45) is 0 Å². The molecule has 0 saturated carbocycles. The summed E-state index contributed by atoms with van der Waals surface area (Å²) < 4.78 is 80.1. The lowest BCUT2D eigenvalue weighted by molar-refractivity contribution is -0.137. The number of carbonyl (C=O) groups is 2. The molecule has 33 heavy (non-hydrogen) atoms. The minimum Gasteiger partial charge on any atom is -0.337 e. The molecule has 1 aliphatic rings. The lowest BCUT2D eigenvalue weighted by Gasteiger charge is -2.22. The fourth-order valence-electron chi connectivity index (χ4n) is 3.39. The van der Waals surface area contributed by atoms with Crippen molar-refractivity contribution in [3.8, 4) is 0 Å². The van der Waals surface area contributed by atoms with Crippen LogP contribution in [0.4, 0.5) is 32.0 Å². The second-order valence-corrected chi connectivity index (χ2v) is 7.82. The van der Waals surface area contributed by atoms with Crippen molar-refractivity contribution in [3.05, 3.63) is 63.9 Å². The van der Waals surface area contributed by atoms with Crippen molar-refractivity contribution < 1.29 is 35.9 Å². The normalized spacial score (nSPS) is 15.3. The van der Waals surface area contributed by atoms with Crippen LogP contribution in [-0.4, -0.2) is 54.3 Å². The third-order valence-corrected chi connectivity index (χ3v) is 5.31. The van der Waals surface area contributed by atoms with Crippen molar-refractivity contribution >= 4 is 29.1 Å². The van der Waals surface area contributed by atoms with Crippen LogP contribution in [0.15, 0.2) is 30.3 Å². The molecule has 1 N–H and O–H groups in total. The van der Waals surface area contributed by atoms with Gasteiger partial charge in [-0.3, -0.25) is 14.5 Å². The predicted octanol–water partition coefficient (Wildman–Crippen LogP) is 4.56. The maximum absolute atomic E-state index is 14.3. The number of benzene rings is 2. The Morgan fingerprint density at radius 1 is 1.00 bits per heavy atom. The van der Waals surface area contributed by atoms with E-state index in [0.29, 0.717) is 31.2 Å². The Balaban J connectivity index is 1.65. The van der Waals surface area contributed by atoms with Crippen LogP contribution in [0.5, 0.6) is 0 Å². The van der Waals surface area contributed by atoms with E-state index in [9.17, 15) is 35.9 Å². The van der Waals surface area contributed by atoms with Gasteiger partial charge in [-0.15, -0.1) is 0 Å². The first kappa shape index (κ1) is 24.8. The summed E-state index contributed by atoms with van der Waals surface area (Å²) in [6.45, 7) is 0.498. The molecule has 1 fully saturated rings. The van der Waals surface area contributed by atoms with Crippen LogP contribution >= 0.6 is 11.6 Å². The molecule has 2 aromatic rings. The molecule has 0 aliphatic carbocycles. The van der Waals surface area contributed by atoms with Crippen molar-refractivity contribution in [2.75, 3.05) is 38.0 Å². The molecule has 178 valence electrons. The molecular weight excluding hydrogens is 476 g/mol. The average Bonchev–Trinajstić information content (AvgIpc) is 2.96. The monoisotopic (exact) mass is 493 g/mol. The number of anilines is 1. The summed E-state index contributed by atoms with van der Waals surface area (Å²) in [5.41, 5.74) is -2.21. The van der Waals surface area contributed by atoms with Gasteiger partial charge in [0.15, 0.2) is 5.82 Å². The number of carbonyl (C=O) groups excluding carboxylic acids is 2. The van der Waals surface area contributed by atoms with Gasteiger partial charge in [0.25, 0.3) is 5.91 Å². The lowest BCUT2D eigenvalue weighted by Crippen LogP contribution is -2.38. The van der Waals surface area contributed by atoms with Gasteiger partial charge < -0.3 is 10.2 Å². The topological polar surface area (TPSA) is 52.7 Å². The first-order valence-corrected chi connectivity index (χ1v) is 10.2. The summed E-state index contributed by atoms with van der Waals surface area (Å²) in [6, 6.07) is 3.55. The van der Waals surface area contributed by atoms with Crippen LogP contribution in [0.2, 0.25) is 5.02 Å². The number of halogens is 7. The molecule has 3 rings (SSSR count). The van der Waals surface area contributed by atoms with E-state index < -0.39 is 51.6 Å². The summed E-state index contributed by atoms with van der Waals surface area (Å²) in [7, 11) is 0. The fourth-order valence-corrected chi connectivity index (χ4v) is 3.61. The summed E-state index contributed by atoms with van der Waals surface area (Å²) in [6.07, 6.45) is -4.45. The Kier molecular flexibility index (Phi) is 7.53. The molecule has 2 aromatic carbocycles. The third-order valence-electron chi connectivity index (χ3n) is 5.03. The van der Waals surface area contributed by atoms with Gasteiger partial charge in [-0.05, 0) is 30.7 Å². The number of hydrogen-bond acceptors (Lipinski definition) is 3. The van der Waals surface area contributed by atoms with E-state index in [2.05, 4.69) is 5.32 Å². The number of nitrogens with one attached hydrogen (secondary N) is 1. The summed E-state index contributed by atoms with van der Waals surface area (Å²) in [5.74, 6) is -4.48. The van der Waals surface area contributed by atoms with Crippen LogP contribution < -0.4 is 5.32 Å². The Labute approximate surface area is 189 Å². The molecule has 1 heterocycles. The number of amides is 2. The maximum Gasteiger partial charge on any atom is 0.416 e. The highest BCUT2D eigenvalue weighted by Crippen LogP contribution is 2.34. The fraction of sp³-hybridized carbons (Fsp3) is 0.333. The maximum atomic E-state index is 14.3. The minimum atomic E-state index is -4.81. The number of alkyl halides is 3. The molecule has 12 heteroatoms. The Bertz CT molecular complexity index is 1060. The first-order chi connectivity index (χ1) is 15.5. The molecule has 0 aromatic heterocycles. The number of rotatable bonds is 4. The summed E-state index contributed by atoms with van der Waals surface area (Å²) in [5, 5.41) is 1.51. The third kappa shape index (κ3) is 6.17. The van der Waals surface area contributed by atoms with Crippen molar-refractivity contribution in [3.63, 3.8) is 0 Å². The quantitative estimate of drug-likeness (QED) is 0.635. The molecule has 0 bridgehead atoms. The molecule has 5 nitrogen and oxygen atoms in total. The van der Waals surface area contributed by atoms with Crippen LogP contribution in [0.1, 0.15) is 22.3 Å². The smallest absolute Gasteiger partial charge is 0.337 e. The highest BCUT2D eigenvalue weighted by atomic mass is 35.5. The van der Waals surface area contributed by atoms with E-state index >= 15 is 0 Å². The zero-order valence-corrected chi connectivity index (χ0v) is 17.7. The Morgan fingerprint density at radius 3 is 2.39 bits per heavy atom. The van der Waals surface area contributed by atoms with Gasteiger partial charge in [0.05, 0.1) is 28.4 Å². The van der Waals surface area contributed by atoms with Gasteiger partial charge in [-0.1, -0.05) is 11.6 Å². The lowest BCUT2D eigenvalue weighted by atomic mass is 10.1. The largest absolute Gasteiger partial charge is 0.416 e. The molecule has 2 amide bonds. The molecule has 0 atom stereocenters. The number of nitrogens with zero attached hydrogens (tertiary/aromatic N) is 2. The van der Waals surface area contributed by atoms with Gasteiger partial charge in [0.2, 0.25) is 5.91 Å². The molecule has 0 unspecified atom stereocenters. The van der Waals surface area contributed by atoms with E-state index in [1.807, 2.05) is 0 Å². The SMILES string of the molecule is O=C(CN1CCCN(C(=O)c2cc(C(F)(F)F)cc(Cl)c2F)CC1)Nc1ccc(F)cc1F. The van der Waals surface area contributed by atoms with Gasteiger partial charge in [0.1, 0.15) is 11.6 Å². The highest BCUT2D eigenvalue weighted by Gasteiger charge is 2.34. The van der Waals surface area contributed by atoms with Crippen LogP contribution in [0, 0.1) is 17.5 Å². The number of hydrogen-bond donors (Lipinski definition) is 1. The Hall–Kier alpha value is -2.79. The van der Waals surface area contributed by atoms with Crippen molar-refractivity contribution in [1.29, 1.82) is 0 Å². The van der Waals surface area contributed by atoms with E-state index in [4.69, 9.17) is 11.6 Å².